The summed E-state index contributed by atoms with van der Waals surface area (Å²) in [6.45, 7) is 5.46. The van der Waals surface area contributed by atoms with Gasteiger partial charge in [-0.2, -0.15) is 0 Å². The molecule has 0 atom stereocenters. The lowest BCUT2D eigenvalue weighted by molar-refractivity contribution is 0.101. The predicted octanol–water partition coefficient (Wildman–Crippen LogP) is 0.595. The average Bonchev–Trinajstić information content (AvgIpc) is 2.21. The van der Waals surface area contributed by atoms with Crippen molar-refractivity contribution in [1.29, 1.82) is 0 Å². The molecule has 0 bridgehead atoms. The summed E-state index contributed by atoms with van der Waals surface area (Å²) in [5.74, 6) is -0.0334. The second-order valence-electron chi connectivity index (χ2n) is 2.55. The molecule has 0 saturated heterocycles. The highest BCUT2D eigenvalue weighted by Gasteiger charge is 2.10. The van der Waals surface area contributed by atoms with Gasteiger partial charge in [0.25, 0.3) is 0 Å². The van der Waals surface area contributed by atoms with Crippen molar-refractivity contribution in [3.63, 3.8) is 0 Å². The largest absolute Gasteiger partial charge is 0.488 e. The number of Topliss-reactive ketones (excluding diaryl/α,β-unsaturated/α-hetero) is 1. The van der Waals surface area contributed by atoms with Crippen molar-refractivity contribution in [3.05, 3.63) is 29.8 Å². The molecule has 0 amide bonds. The quantitative estimate of drug-likeness (QED) is 0.535. The van der Waals surface area contributed by atoms with Gasteiger partial charge < -0.3 is 10.0 Å². The van der Waals surface area contributed by atoms with Crippen LogP contribution in [0.4, 0.5) is 0 Å². The maximum Gasteiger partial charge on any atom is 0.488 e. The minimum Gasteiger partial charge on any atom is -0.423 e. The minimum absolute atomic E-state index is 0.0334. The van der Waals surface area contributed by atoms with E-state index < -0.39 is 7.12 Å². The maximum atomic E-state index is 10.8. The molecule has 2 N–H and O–H groups in total. The van der Waals surface area contributed by atoms with Crippen molar-refractivity contribution in [2.24, 2.45) is 0 Å². The molecule has 0 spiro atoms. The predicted molar refractivity (Wildman–Crippen MR) is 57.6 cm³/mol. The maximum absolute atomic E-state index is 10.8. The Balaban J connectivity index is 0.000000791. The molecule has 0 aliphatic carbocycles. The Bertz CT molecular complexity index is 280. The molecule has 4 heteroatoms. The summed E-state index contributed by atoms with van der Waals surface area (Å²) < 4.78 is 0. The summed E-state index contributed by atoms with van der Waals surface area (Å²) >= 11 is 0. The van der Waals surface area contributed by atoms with Gasteiger partial charge in [-0.1, -0.05) is 38.1 Å². The Morgan fingerprint density at radius 2 is 1.57 bits per heavy atom. The molecule has 0 aliphatic heterocycles. The number of benzene rings is 1. The number of hydrogen-bond acceptors (Lipinski definition) is 3. The second kappa shape index (κ2) is 6.35. The fraction of sp³-hybridized carbons (Fsp3) is 0.300. The van der Waals surface area contributed by atoms with Gasteiger partial charge in [0, 0.05) is 5.56 Å². The van der Waals surface area contributed by atoms with E-state index in [1.54, 1.807) is 12.1 Å². The highest BCUT2D eigenvalue weighted by molar-refractivity contribution is 6.58. The molecule has 0 aromatic heterocycles. The van der Waals surface area contributed by atoms with Gasteiger partial charge in [-0.3, -0.25) is 4.79 Å². The van der Waals surface area contributed by atoms with Crippen LogP contribution in [0.2, 0.25) is 0 Å². The van der Waals surface area contributed by atoms with E-state index >= 15 is 0 Å². The molecule has 0 fully saturated rings. The van der Waals surface area contributed by atoms with Crippen molar-refractivity contribution in [1.82, 2.24) is 0 Å². The molecule has 1 aromatic carbocycles. The first-order valence-corrected chi connectivity index (χ1v) is 4.58. The van der Waals surface area contributed by atoms with Crippen LogP contribution in [-0.2, 0) is 0 Å². The third-order valence-corrected chi connectivity index (χ3v) is 1.62. The lowest BCUT2D eigenvalue weighted by Gasteiger charge is -1.99. The summed E-state index contributed by atoms with van der Waals surface area (Å²) in [7, 11) is -1.47. The average molecular weight is 194 g/mol. The Morgan fingerprint density at radius 3 is 1.86 bits per heavy atom. The summed E-state index contributed by atoms with van der Waals surface area (Å²) in [6, 6.07) is 6.16. The van der Waals surface area contributed by atoms with E-state index in [4.69, 9.17) is 10.0 Å². The van der Waals surface area contributed by atoms with Gasteiger partial charge in [0.05, 0.1) is 0 Å². The summed E-state index contributed by atoms with van der Waals surface area (Å²) in [5.41, 5.74) is 0.958. The highest BCUT2D eigenvalue weighted by Crippen LogP contribution is 1.97. The smallest absolute Gasteiger partial charge is 0.423 e. The molecule has 1 rings (SSSR count). The van der Waals surface area contributed by atoms with Gasteiger partial charge >= 0.3 is 7.12 Å². The molecule has 0 heterocycles. The van der Waals surface area contributed by atoms with Crippen molar-refractivity contribution in [2.75, 3.05) is 0 Å². The molecule has 0 saturated carbocycles. The monoisotopic (exact) mass is 194 g/mol. The van der Waals surface area contributed by atoms with Crippen molar-refractivity contribution >= 4 is 18.4 Å². The Kier molecular flexibility index (Phi) is 5.84. The third-order valence-electron chi connectivity index (χ3n) is 1.62. The molecule has 0 radical (unpaired) electrons. The van der Waals surface area contributed by atoms with E-state index in [2.05, 4.69) is 0 Å². The van der Waals surface area contributed by atoms with E-state index in [0.29, 0.717) is 11.0 Å². The first-order chi connectivity index (χ1) is 6.61. The highest BCUT2D eigenvalue weighted by atomic mass is 16.4. The van der Waals surface area contributed by atoms with Gasteiger partial charge in [0.1, 0.15) is 0 Å². The van der Waals surface area contributed by atoms with Gasteiger partial charge in [0.15, 0.2) is 5.78 Å². The third kappa shape index (κ3) is 3.72. The van der Waals surface area contributed by atoms with E-state index in [9.17, 15) is 4.79 Å². The lowest BCUT2D eigenvalue weighted by Crippen LogP contribution is -2.29. The standard InChI is InChI=1S/C8H9BO3.C2H6/c1-6(10)7-2-4-8(5-3-7)9(11)12;1-2/h2-5,11-12H,1H3;1-2H3. The SMILES string of the molecule is CC.CC(=O)c1ccc(B(O)O)cc1. The zero-order valence-corrected chi connectivity index (χ0v) is 8.69. The van der Waals surface area contributed by atoms with Gasteiger partial charge in [-0.15, -0.1) is 0 Å². The van der Waals surface area contributed by atoms with Crippen LogP contribution in [0.3, 0.4) is 0 Å². The van der Waals surface area contributed by atoms with Crippen molar-refractivity contribution < 1.29 is 14.8 Å². The van der Waals surface area contributed by atoms with Crippen LogP contribution < -0.4 is 5.46 Å². The molecular formula is C10H15BO3. The zero-order valence-electron chi connectivity index (χ0n) is 8.69. The number of carbonyl (C=O) groups is 1. The Morgan fingerprint density at radius 1 is 1.14 bits per heavy atom. The normalized spacial score (nSPS) is 8.64. The van der Waals surface area contributed by atoms with Crippen LogP contribution >= 0.6 is 0 Å². The first-order valence-electron chi connectivity index (χ1n) is 4.58. The van der Waals surface area contributed by atoms with E-state index in [0.717, 1.165) is 0 Å². The number of hydrogen-bond donors (Lipinski definition) is 2. The van der Waals surface area contributed by atoms with Gasteiger partial charge in [-0.05, 0) is 12.4 Å². The molecule has 14 heavy (non-hydrogen) atoms. The van der Waals surface area contributed by atoms with Crippen molar-refractivity contribution in [3.8, 4) is 0 Å². The molecule has 0 aliphatic rings. The van der Waals surface area contributed by atoms with Crippen LogP contribution in [0, 0.1) is 0 Å². The van der Waals surface area contributed by atoms with Gasteiger partial charge in [0.2, 0.25) is 0 Å². The van der Waals surface area contributed by atoms with Crippen LogP contribution in [-0.4, -0.2) is 22.9 Å². The molecule has 76 valence electrons. The Labute approximate surface area is 84.5 Å². The summed E-state index contributed by atoms with van der Waals surface area (Å²) in [4.78, 5) is 10.8. The van der Waals surface area contributed by atoms with E-state index in [1.807, 2.05) is 13.8 Å². The first kappa shape index (κ1) is 12.9. The van der Waals surface area contributed by atoms with E-state index in [-0.39, 0.29) is 5.78 Å². The Hall–Kier alpha value is -1.13. The van der Waals surface area contributed by atoms with Gasteiger partial charge in [-0.25, -0.2) is 0 Å². The number of ketones is 1. The topological polar surface area (TPSA) is 57.5 Å². The van der Waals surface area contributed by atoms with Crippen LogP contribution in [0.15, 0.2) is 24.3 Å². The lowest BCUT2D eigenvalue weighted by atomic mass is 9.80. The number of rotatable bonds is 2. The molecule has 1 aromatic rings. The van der Waals surface area contributed by atoms with Crippen molar-refractivity contribution in [2.45, 2.75) is 20.8 Å². The second-order valence-corrected chi connectivity index (χ2v) is 2.55. The van der Waals surface area contributed by atoms with Crippen LogP contribution in [0.25, 0.3) is 0 Å². The fourth-order valence-corrected chi connectivity index (χ4v) is 0.890. The summed E-state index contributed by atoms with van der Waals surface area (Å²) in [5, 5.41) is 17.4. The number of carbonyl (C=O) groups excluding carboxylic acids is 1. The molecule has 0 unspecified atom stereocenters. The summed E-state index contributed by atoms with van der Waals surface area (Å²) in [6.07, 6.45) is 0. The van der Waals surface area contributed by atoms with Crippen LogP contribution in [0.1, 0.15) is 31.1 Å². The zero-order chi connectivity index (χ0) is 11.1. The minimum atomic E-state index is -1.47. The fourth-order valence-electron chi connectivity index (χ4n) is 0.890. The molecule has 3 nitrogen and oxygen atoms in total. The van der Waals surface area contributed by atoms with Crippen LogP contribution in [0.5, 0.6) is 0 Å². The van der Waals surface area contributed by atoms with E-state index in [1.165, 1.54) is 19.1 Å². The molecular weight excluding hydrogens is 179 g/mol.